The van der Waals surface area contributed by atoms with Crippen LogP contribution in [0.25, 0.3) is 0 Å². The van der Waals surface area contributed by atoms with E-state index in [4.69, 9.17) is 22.1 Å². The third-order valence-electron chi connectivity index (χ3n) is 3.35. The van der Waals surface area contributed by atoms with Crippen molar-refractivity contribution >= 4 is 28.9 Å². The summed E-state index contributed by atoms with van der Waals surface area (Å²) in [7, 11) is 0. The Hall–Kier alpha value is -2.98. The minimum absolute atomic E-state index is 0.257. The standard InChI is InChI=1S/C19H15ClN2O2/c20-15-11-16(21)18(24-14-9-5-2-6-10-14)12-17(15)22-19(23)13-7-3-1-4-8-13/h1-12H,21H2,(H,22,23). The molecule has 0 aliphatic rings. The summed E-state index contributed by atoms with van der Waals surface area (Å²) in [5, 5.41) is 3.12. The Balaban J connectivity index is 1.86. The maximum absolute atomic E-state index is 12.3. The number of carbonyl (C=O) groups excluding carboxylic acids is 1. The summed E-state index contributed by atoms with van der Waals surface area (Å²) >= 11 is 6.19. The van der Waals surface area contributed by atoms with E-state index in [0.29, 0.717) is 33.5 Å². The van der Waals surface area contributed by atoms with Crippen LogP contribution in [-0.2, 0) is 0 Å². The molecule has 3 aromatic rings. The fraction of sp³-hybridized carbons (Fsp3) is 0. The van der Waals surface area contributed by atoms with E-state index in [0.717, 1.165) is 0 Å². The number of para-hydroxylation sites is 1. The Kier molecular flexibility index (Phi) is 4.68. The van der Waals surface area contributed by atoms with Gasteiger partial charge in [0.15, 0.2) is 5.75 Å². The van der Waals surface area contributed by atoms with Crippen molar-refractivity contribution < 1.29 is 9.53 Å². The number of hydrogen-bond donors (Lipinski definition) is 2. The zero-order chi connectivity index (χ0) is 16.9. The lowest BCUT2D eigenvalue weighted by atomic mass is 10.2. The minimum atomic E-state index is -0.257. The van der Waals surface area contributed by atoms with E-state index in [9.17, 15) is 4.79 Å². The molecule has 120 valence electrons. The number of nitrogens with two attached hydrogens (primary N) is 1. The average molecular weight is 339 g/mol. The summed E-state index contributed by atoms with van der Waals surface area (Å²) in [6.45, 7) is 0. The van der Waals surface area contributed by atoms with Crippen molar-refractivity contribution in [2.75, 3.05) is 11.1 Å². The molecule has 0 radical (unpaired) electrons. The first-order valence-electron chi connectivity index (χ1n) is 7.32. The molecule has 1 amide bonds. The zero-order valence-corrected chi connectivity index (χ0v) is 13.5. The first-order chi connectivity index (χ1) is 11.6. The molecule has 24 heavy (non-hydrogen) atoms. The Morgan fingerprint density at radius 1 is 0.958 bits per heavy atom. The quantitative estimate of drug-likeness (QED) is 0.660. The van der Waals surface area contributed by atoms with E-state index in [2.05, 4.69) is 5.32 Å². The van der Waals surface area contributed by atoms with E-state index in [1.807, 2.05) is 36.4 Å². The van der Waals surface area contributed by atoms with Gasteiger partial charge in [-0.1, -0.05) is 48.0 Å². The first-order valence-corrected chi connectivity index (χ1v) is 7.69. The highest BCUT2D eigenvalue weighted by atomic mass is 35.5. The van der Waals surface area contributed by atoms with Gasteiger partial charge in [-0.3, -0.25) is 4.79 Å². The van der Waals surface area contributed by atoms with Crippen molar-refractivity contribution in [1.82, 2.24) is 0 Å². The average Bonchev–Trinajstić information content (AvgIpc) is 2.60. The number of nitrogens with one attached hydrogen (secondary N) is 1. The molecule has 0 heterocycles. The lowest BCUT2D eigenvalue weighted by Gasteiger charge is -2.13. The van der Waals surface area contributed by atoms with E-state index in [-0.39, 0.29) is 5.91 Å². The number of amides is 1. The third kappa shape index (κ3) is 3.67. The van der Waals surface area contributed by atoms with Gasteiger partial charge in [-0.2, -0.15) is 0 Å². The van der Waals surface area contributed by atoms with Crippen molar-refractivity contribution in [3.63, 3.8) is 0 Å². The van der Waals surface area contributed by atoms with Gasteiger partial charge in [-0.25, -0.2) is 0 Å². The van der Waals surface area contributed by atoms with E-state index in [1.54, 1.807) is 36.4 Å². The van der Waals surface area contributed by atoms with Gasteiger partial charge in [0.1, 0.15) is 5.75 Å². The van der Waals surface area contributed by atoms with Crippen LogP contribution in [0, 0.1) is 0 Å². The number of halogens is 1. The summed E-state index contributed by atoms with van der Waals surface area (Å²) in [5.41, 5.74) is 7.32. The second kappa shape index (κ2) is 7.06. The summed E-state index contributed by atoms with van der Waals surface area (Å²) in [4.78, 5) is 12.3. The van der Waals surface area contributed by atoms with Crippen molar-refractivity contribution in [2.24, 2.45) is 0 Å². The molecule has 0 spiro atoms. The molecular formula is C19H15ClN2O2. The molecule has 0 saturated heterocycles. The second-order valence-corrected chi connectivity index (χ2v) is 5.51. The summed E-state index contributed by atoms with van der Waals surface area (Å²) in [6.07, 6.45) is 0. The van der Waals surface area contributed by atoms with Gasteiger partial charge in [0.05, 0.1) is 16.4 Å². The lowest BCUT2D eigenvalue weighted by molar-refractivity contribution is 0.102. The topological polar surface area (TPSA) is 64.3 Å². The third-order valence-corrected chi connectivity index (χ3v) is 3.67. The Bertz CT molecular complexity index is 852. The summed E-state index contributed by atoms with van der Waals surface area (Å²) in [6, 6.07) is 21.3. The zero-order valence-electron chi connectivity index (χ0n) is 12.7. The predicted octanol–water partition coefficient (Wildman–Crippen LogP) is 4.97. The molecular weight excluding hydrogens is 324 g/mol. The molecule has 0 bridgehead atoms. The van der Waals surface area contributed by atoms with Crippen LogP contribution in [0.2, 0.25) is 5.02 Å². The summed E-state index contributed by atoms with van der Waals surface area (Å²) in [5.74, 6) is 0.814. The number of hydrogen-bond acceptors (Lipinski definition) is 3. The molecule has 3 N–H and O–H groups in total. The fourth-order valence-corrected chi connectivity index (χ4v) is 2.37. The van der Waals surface area contributed by atoms with Gasteiger partial charge in [0.2, 0.25) is 0 Å². The van der Waals surface area contributed by atoms with Crippen LogP contribution in [0.4, 0.5) is 11.4 Å². The Labute approximate surface area is 144 Å². The smallest absolute Gasteiger partial charge is 0.255 e. The maximum Gasteiger partial charge on any atom is 0.255 e. The van der Waals surface area contributed by atoms with Gasteiger partial charge < -0.3 is 15.8 Å². The molecule has 0 aliphatic heterocycles. The Morgan fingerprint density at radius 3 is 2.25 bits per heavy atom. The molecule has 0 unspecified atom stereocenters. The normalized spacial score (nSPS) is 10.2. The van der Waals surface area contributed by atoms with Gasteiger partial charge in [0.25, 0.3) is 5.91 Å². The van der Waals surface area contributed by atoms with Gasteiger partial charge in [-0.15, -0.1) is 0 Å². The highest BCUT2D eigenvalue weighted by Crippen LogP contribution is 2.35. The second-order valence-electron chi connectivity index (χ2n) is 5.11. The molecule has 3 aromatic carbocycles. The van der Waals surface area contributed by atoms with E-state index < -0.39 is 0 Å². The maximum atomic E-state index is 12.3. The number of rotatable bonds is 4. The van der Waals surface area contributed by atoms with Crippen molar-refractivity contribution in [3.8, 4) is 11.5 Å². The van der Waals surface area contributed by atoms with Crippen LogP contribution in [0.1, 0.15) is 10.4 Å². The molecule has 0 atom stereocenters. The van der Waals surface area contributed by atoms with Crippen molar-refractivity contribution in [1.29, 1.82) is 0 Å². The van der Waals surface area contributed by atoms with Crippen LogP contribution >= 0.6 is 11.6 Å². The molecule has 4 nitrogen and oxygen atoms in total. The van der Waals surface area contributed by atoms with Crippen LogP contribution in [0.15, 0.2) is 72.8 Å². The SMILES string of the molecule is Nc1cc(Cl)c(NC(=O)c2ccccc2)cc1Oc1ccccc1. The number of nitrogen functional groups attached to an aromatic ring is 1. The van der Waals surface area contributed by atoms with Crippen molar-refractivity contribution in [2.45, 2.75) is 0 Å². The monoisotopic (exact) mass is 338 g/mol. The number of anilines is 2. The van der Waals surface area contributed by atoms with Crippen LogP contribution in [0.3, 0.4) is 0 Å². The lowest BCUT2D eigenvalue weighted by Crippen LogP contribution is -2.12. The van der Waals surface area contributed by atoms with Crippen molar-refractivity contribution in [3.05, 3.63) is 83.4 Å². The van der Waals surface area contributed by atoms with Gasteiger partial charge >= 0.3 is 0 Å². The van der Waals surface area contributed by atoms with Gasteiger partial charge in [0, 0.05) is 11.6 Å². The van der Waals surface area contributed by atoms with E-state index in [1.165, 1.54) is 0 Å². The largest absolute Gasteiger partial charge is 0.455 e. The molecule has 5 heteroatoms. The molecule has 0 aromatic heterocycles. The molecule has 0 aliphatic carbocycles. The first kappa shape index (κ1) is 15.9. The fourth-order valence-electron chi connectivity index (χ4n) is 2.15. The summed E-state index contributed by atoms with van der Waals surface area (Å²) < 4.78 is 5.76. The predicted molar refractivity (Wildman–Crippen MR) is 96.8 cm³/mol. The van der Waals surface area contributed by atoms with Crippen LogP contribution in [-0.4, -0.2) is 5.91 Å². The van der Waals surface area contributed by atoms with E-state index >= 15 is 0 Å². The highest BCUT2D eigenvalue weighted by Gasteiger charge is 2.12. The number of carbonyl (C=O) groups is 1. The van der Waals surface area contributed by atoms with Crippen LogP contribution in [0.5, 0.6) is 11.5 Å². The van der Waals surface area contributed by atoms with Gasteiger partial charge in [-0.05, 0) is 30.3 Å². The Morgan fingerprint density at radius 2 is 1.58 bits per heavy atom. The minimum Gasteiger partial charge on any atom is -0.455 e. The number of ether oxygens (including phenoxy) is 1. The molecule has 3 rings (SSSR count). The molecule has 0 fully saturated rings. The van der Waals surface area contributed by atoms with Crippen LogP contribution < -0.4 is 15.8 Å². The number of benzene rings is 3. The molecule has 0 saturated carbocycles. The highest BCUT2D eigenvalue weighted by molar-refractivity contribution is 6.34.